The predicted molar refractivity (Wildman–Crippen MR) is 216 cm³/mol. The second-order valence-electron chi connectivity index (χ2n) is 18.1. The quantitative estimate of drug-likeness (QED) is 0.0922. The normalized spacial score (nSPS) is 14.2. The lowest BCUT2D eigenvalue weighted by Crippen LogP contribution is -2.43. The van der Waals surface area contributed by atoms with Gasteiger partial charge in [-0.1, -0.05) is 83.1 Å². The van der Waals surface area contributed by atoms with E-state index >= 15 is 0 Å². The van der Waals surface area contributed by atoms with Gasteiger partial charge in [-0.3, -0.25) is 9.59 Å². The number of aromatic hydroxyl groups is 1. The van der Waals surface area contributed by atoms with E-state index in [1.807, 2.05) is 0 Å². The van der Waals surface area contributed by atoms with Crippen LogP contribution in [0.5, 0.6) is 11.5 Å². The summed E-state index contributed by atoms with van der Waals surface area (Å²) in [5.74, 6) is 0.239. The number of aliphatic hydroxyl groups is 1. The molecule has 0 fully saturated rings. The fourth-order valence-electron chi connectivity index (χ4n) is 5.79. The van der Waals surface area contributed by atoms with Gasteiger partial charge < -0.3 is 29.7 Å². The number of nitrogens with one attached hydrogen (secondary N) is 1. The number of methoxy groups -OCH3 is 1. The number of carbonyl (C=O) groups is 2. The lowest BCUT2D eigenvalue weighted by atomic mass is 9.79. The van der Waals surface area contributed by atoms with Gasteiger partial charge in [0, 0.05) is 45.0 Å². The molecule has 0 aliphatic heterocycles. The van der Waals surface area contributed by atoms with Gasteiger partial charge in [0.1, 0.15) is 30.3 Å². The van der Waals surface area contributed by atoms with Crippen LogP contribution in [-0.4, -0.2) is 65.2 Å². The molecule has 0 aliphatic rings. The molecule has 0 spiro atoms. The zero-order chi connectivity index (χ0) is 40.0. The van der Waals surface area contributed by atoms with Gasteiger partial charge in [-0.2, -0.15) is 0 Å². The summed E-state index contributed by atoms with van der Waals surface area (Å²) in [6.45, 7) is 32.4. The van der Waals surface area contributed by atoms with Crippen LogP contribution in [0, 0.1) is 0 Å². The van der Waals surface area contributed by atoms with Crippen molar-refractivity contribution in [2.24, 2.45) is 0 Å². The topological polar surface area (TPSA) is 114 Å². The van der Waals surface area contributed by atoms with Crippen LogP contribution in [0.3, 0.4) is 0 Å². The van der Waals surface area contributed by atoms with Crippen molar-refractivity contribution in [3.8, 4) is 11.5 Å². The standard InChI is InChI=1S/C42H67NO7S2/c1-17-49-34(45)19-18-33(37(47)48-16)43-24-26(44)25-50-36-31(40(8,9)10)22-28(23-32(36)41(11,12)13)52-42(14,15)51-27-20-29(38(2,3)4)35(46)30(21-27)39(5,6)7/h20-23,26,33,43-44,46H,17-19,24-25H2,1-16H3/t26?,33-/m0/s1. The van der Waals surface area contributed by atoms with Crippen molar-refractivity contribution in [2.75, 3.05) is 26.9 Å². The van der Waals surface area contributed by atoms with Crippen LogP contribution < -0.4 is 10.1 Å². The molecular formula is C42H67NO7S2. The largest absolute Gasteiger partial charge is 0.507 e. The number of hydrogen-bond acceptors (Lipinski definition) is 10. The SMILES string of the molecule is CCOC(=O)CC[C@H](NCC(O)COc1c(C(C)(C)C)cc(SC(C)(C)Sc2cc(C(C)(C)C)c(O)c(C(C)(C)C)c2)cc1C(C)(C)C)C(=O)OC. The van der Waals surface area contributed by atoms with E-state index < -0.39 is 18.1 Å². The first-order chi connectivity index (χ1) is 23.6. The minimum atomic E-state index is -0.930. The van der Waals surface area contributed by atoms with Crippen LogP contribution in [0.2, 0.25) is 0 Å². The molecule has 52 heavy (non-hydrogen) atoms. The van der Waals surface area contributed by atoms with Crippen molar-refractivity contribution in [3.63, 3.8) is 0 Å². The first-order valence-electron chi connectivity index (χ1n) is 18.3. The number of thioether (sulfide) groups is 2. The number of benzene rings is 2. The van der Waals surface area contributed by atoms with Crippen LogP contribution in [0.25, 0.3) is 0 Å². The maximum atomic E-state index is 12.4. The van der Waals surface area contributed by atoms with E-state index in [-0.39, 0.29) is 64.3 Å². The first-order valence-corrected chi connectivity index (χ1v) is 20.0. The number of aliphatic hydroxyl groups excluding tert-OH is 1. The van der Waals surface area contributed by atoms with Crippen molar-refractivity contribution in [1.82, 2.24) is 5.32 Å². The second kappa shape index (κ2) is 17.8. The molecule has 2 aromatic rings. The molecule has 0 radical (unpaired) electrons. The maximum Gasteiger partial charge on any atom is 0.322 e. The summed E-state index contributed by atoms with van der Waals surface area (Å²) in [5.41, 5.74) is 3.02. The Labute approximate surface area is 322 Å². The Morgan fingerprint density at radius 2 is 1.17 bits per heavy atom. The summed E-state index contributed by atoms with van der Waals surface area (Å²) in [6.07, 6.45) is -0.681. The Hall–Kier alpha value is -2.40. The van der Waals surface area contributed by atoms with Gasteiger partial charge in [-0.25, -0.2) is 0 Å². The Balaban J connectivity index is 2.42. The Bertz CT molecular complexity index is 1450. The molecule has 0 bridgehead atoms. The van der Waals surface area contributed by atoms with Gasteiger partial charge in [0.15, 0.2) is 0 Å². The van der Waals surface area contributed by atoms with Crippen LogP contribution in [0.15, 0.2) is 34.1 Å². The number of rotatable bonds is 15. The van der Waals surface area contributed by atoms with Crippen LogP contribution >= 0.6 is 23.5 Å². The first kappa shape index (κ1) is 45.8. The second-order valence-corrected chi connectivity index (χ2v) is 21.8. The van der Waals surface area contributed by atoms with Crippen LogP contribution in [0.1, 0.15) is 139 Å². The fraction of sp³-hybridized carbons (Fsp3) is 0.667. The van der Waals surface area contributed by atoms with E-state index in [0.29, 0.717) is 5.75 Å². The van der Waals surface area contributed by atoms with Gasteiger partial charge in [-0.05, 0) is 73.1 Å². The molecule has 0 saturated carbocycles. The van der Waals surface area contributed by atoms with Crippen molar-refractivity contribution in [3.05, 3.63) is 46.5 Å². The van der Waals surface area contributed by atoms with Crippen LogP contribution in [0.4, 0.5) is 0 Å². The minimum absolute atomic E-state index is 0.00579. The third-order valence-corrected chi connectivity index (χ3v) is 11.0. The van der Waals surface area contributed by atoms with Crippen molar-refractivity contribution >= 4 is 35.5 Å². The molecule has 0 amide bonds. The van der Waals surface area contributed by atoms with Crippen molar-refractivity contribution in [2.45, 2.75) is 164 Å². The number of ether oxygens (including phenoxy) is 3. The summed E-state index contributed by atoms with van der Waals surface area (Å²) in [5, 5.41) is 25.4. The third kappa shape index (κ3) is 13.5. The highest BCUT2D eigenvalue weighted by Crippen LogP contribution is 2.51. The molecule has 2 aromatic carbocycles. The Morgan fingerprint density at radius 3 is 1.56 bits per heavy atom. The van der Waals surface area contributed by atoms with E-state index in [4.69, 9.17) is 14.2 Å². The van der Waals surface area contributed by atoms with Gasteiger partial charge in [-0.15, -0.1) is 23.5 Å². The van der Waals surface area contributed by atoms with E-state index in [2.05, 4.69) is 127 Å². The predicted octanol–water partition coefficient (Wildman–Crippen LogP) is 9.42. The molecule has 1 unspecified atom stereocenters. The minimum Gasteiger partial charge on any atom is -0.507 e. The molecular weight excluding hydrogens is 695 g/mol. The highest BCUT2D eigenvalue weighted by molar-refractivity contribution is 8.18. The maximum absolute atomic E-state index is 12.4. The number of carbonyl (C=O) groups excluding carboxylic acids is 2. The van der Waals surface area contributed by atoms with E-state index in [9.17, 15) is 19.8 Å². The van der Waals surface area contributed by atoms with Gasteiger partial charge in [0.25, 0.3) is 0 Å². The lowest BCUT2D eigenvalue weighted by Gasteiger charge is -2.33. The van der Waals surface area contributed by atoms with Crippen molar-refractivity contribution < 1.29 is 34.0 Å². The third-order valence-electron chi connectivity index (χ3n) is 8.55. The smallest absolute Gasteiger partial charge is 0.322 e. The van der Waals surface area contributed by atoms with Gasteiger partial charge in [0.2, 0.25) is 0 Å². The number of phenols is 1. The Morgan fingerprint density at radius 1 is 0.750 bits per heavy atom. The van der Waals surface area contributed by atoms with Gasteiger partial charge in [0.05, 0.1) is 17.8 Å². The molecule has 0 aliphatic carbocycles. The summed E-state index contributed by atoms with van der Waals surface area (Å²) in [6, 6.07) is 7.94. The summed E-state index contributed by atoms with van der Waals surface area (Å²) < 4.78 is 16.1. The zero-order valence-corrected chi connectivity index (χ0v) is 36.4. The lowest BCUT2D eigenvalue weighted by molar-refractivity contribution is -0.145. The molecule has 0 heterocycles. The average Bonchev–Trinajstić information content (AvgIpc) is 2.98. The van der Waals surface area contributed by atoms with E-state index in [0.717, 1.165) is 37.8 Å². The molecule has 10 heteroatoms. The fourth-order valence-corrected chi connectivity index (χ4v) is 8.37. The molecule has 0 saturated heterocycles. The number of esters is 2. The summed E-state index contributed by atoms with van der Waals surface area (Å²) >= 11 is 3.60. The van der Waals surface area contributed by atoms with Gasteiger partial charge >= 0.3 is 11.9 Å². The highest BCUT2D eigenvalue weighted by Gasteiger charge is 2.32. The number of hydrogen-bond donors (Lipinski definition) is 3. The molecule has 2 rings (SSSR count). The van der Waals surface area contributed by atoms with Crippen LogP contribution in [-0.2, 0) is 40.7 Å². The molecule has 8 nitrogen and oxygen atoms in total. The summed E-state index contributed by atoms with van der Waals surface area (Å²) in [7, 11) is 1.30. The van der Waals surface area contributed by atoms with Crippen molar-refractivity contribution in [1.29, 1.82) is 0 Å². The summed E-state index contributed by atoms with van der Waals surface area (Å²) in [4.78, 5) is 26.5. The molecule has 2 atom stereocenters. The number of phenolic OH excluding ortho intramolecular Hbond substituents is 1. The highest BCUT2D eigenvalue weighted by atomic mass is 32.2. The Kier molecular flexibility index (Phi) is 15.7. The average molecular weight is 762 g/mol. The van der Waals surface area contributed by atoms with E-state index in [1.54, 1.807) is 30.4 Å². The zero-order valence-electron chi connectivity index (χ0n) is 34.8. The molecule has 0 aromatic heterocycles. The van der Waals surface area contributed by atoms with E-state index in [1.165, 1.54) is 7.11 Å². The monoisotopic (exact) mass is 761 g/mol. The molecule has 294 valence electrons. The molecule has 3 N–H and O–H groups in total.